The van der Waals surface area contributed by atoms with Gasteiger partial charge in [0.25, 0.3) is 0 Å². The summed E-state index contributed by atoms with van der Waals surface area (Å²) < 4.78 is 0.250. The first-order chi connectivity index (χ1) is 2.21. The fourth-order valence-electron chi connectivity index (χ4n) is 0.0772. The third-order valence-corrected chi connectivity index (χ3v) is 1.81. The summed E-state index contributed by atoms with van der Waals surface area (Å²) in [6, 6.07) is 0. The maximum atomic E-state index is 3.35. The molecule has 0 bridgehead atoms. The molecular formula is C3H3Br2. The van der Waals surface area contributed by atoms with E-state index in [4.69, 9.17) is 0 Å². The molecule has 2 heteroatoms. The van der Waals surface area contributed by atoms with E-state index in [1.165, 1.54) is 0 Å². The molecular weight excluding hydrogens is 196 g/mol. The summed E-state index contributed by atoms with van der Waals surface area (Å²) in [4.78, 5) is 0. The van der Waals surface area contributed by atoms with Crippen LogP contribution < -0.4 is 0 Å². The van der Waals surface area contributed by atoms with Gasteiger partial charge in [-0.1, -0.05) is 31.9 Å². The van der Waals surface area contributed by atoms with Gasteiger partial charge in [-0.2, -0.15) is 0 Å². The average molecular weight is 199 g/mol. The van der Waals surface area contributed by atoms with E-state index in [9.17, 15) is 0 Å². The van der Waals surface area contributed by atoms with Crippen LogP contribution in [0.15, 0.2) is 0 Å². The highest BCUT2D eigenvalue weighted by Crippen LogP contribution is 2.48. The molecule has 1 radical (unpaired) electrons. The maximum absolute atomic E-state index is 3.35. The van der Waals surface area contributed by atoms with Gasteiger partial charge in [0.05, 0.1) is 3.23 Å². The van der Waals surface area contributed by atoms with E-state index in [1.54, 1.807) is 0 Å². The summed E-state index contributed by atoms with van der Waals surface area (Å²) in [6.45, 7) is 0. The van der Waals surface area contributed by atoms with Crippen molar-refractivity contribution in [3.8, 4) is 0 Å². The molecule has 0 unspecified atom stereocenters. The molecule has 0 aromatic carbocycles. The van der Waals surface area contributed by atoms with Gasteiger partial charge in [-0.15, -0.1) is 0 Å². The second-order valence-corrected chi connectivity index (χ2v) is 5.06. The molecule has 5 heavy (non-hydrogen) atoms. The van der Waals surface area contributed by atoms with Crippen LogP contribution in [0.1, 0.15) is 6.42 Å². The molecule has 0 amide bonds. The Kier molecular flexibility index (Phi) is 0.800. The summed E-state index contributed by atoms with van der Waals surface area (Å²) in [5, 5.41) is 0. The molecule has 0 nitrogen and oxygen atoms in total. The van der Waals surface area contributed by atoms with Gasteiger partial charge < -0.3 is 0 Å². The van der Waals surface area contributed by atoms with Crippen LogP contribution in [0.2, 0.25) is 0 Å². The fourth-order valence-corrected chi connectivity index (χ4v) is 0.401. The zero-order valence-corrected chi connectivity index (χ0v) is 5.71. The van der Waals surface area contributed by atoms with Gasteiger partial charge in [0.1, 0.15) is 0 Å². The largest absolute Gasteiger partial charge is 0.0841 e. The van der Waals surface area contributed by atoms with Gasteiger partial charge >= 0.3 is 0 Å². The molecule has 1 rings (SSSR count). The summed E-state index contributed by atoms with van der Waals surface area (Å²) in [5.74, 6) is 0. The van der Waals surface area contributed by atoms with E-state index in [1.807, 2.05) is 0 Å². The third kappa shape index (κ3) is 1.22. The second-order valence-electron chi connectivity index (χ2n) is 1.17. The average Bonchev–Trinajstić information content (AvgIpc) is 1.76. The SMILES string of the molecule is BrC1(Br)[CH]C1. The molecule has 29 valence electrons. The van der Waals surface area contributed by atoms with E-state index in [0.29, 0.717) is 0 Å². The Labute approximate surface area is 48.2 Å². The van der Waals surface area contributed by atoms with Crippen molar-refractivity contribution in [2.45, 2.75) is 9.65 Å². The highest BCUT2D eigenvalue weighted by Gasteiger charge is 2.36. The number of hydrogen-bond donors (Lipinski definition) is 0. The molecule has 0 aromatic rings. The molecule has 0 aliphatic heterocycles. The Morgan fingerprint density at radius 3 is 1.80 bits per heavy atom. The molecule has 0 N–H and O–H groups in total. The van der Waals surface area contributed by atoms with Crippen LogP contribution in [-0.4, -0.2) is 3.23 Å². The fraction of sp³-hybridized carbons (Fsp3) is 0.667. The van der Waals surface area contributed by atoms with Crippen molar-refractivity contribution in [2.24, 2.45) is 0 Å². The van der Waals surface area contributed by atoms with Gasteiger partial charge in [0.2, 0.25) is 0 Å². The van der Waals surface area contributed by atoms with E-state index in [-0.39, 0.29) is 3.23 Å². The molecule has 1 fully saturated rings. The Balaban J connectivity index is 2.38. The van der Waals surface area contributed by atoms with Crippen LogP contribution in [0.25, 0.3) is 0 Å². The molecule has 0 heterocycles. The molecule has 1 saturated carbocycles. The second kappa shape index (κ2) is 0.969. The Morgan fingerprint density at radius 1 is 1.60 bits per heavy atom. The van der Waals surface area contributed by atoms with Gasteiger partial charge in [0.15, 0.2) is 0 Å². The number of halogens is 2. The Bertz CT molecular complexity index is 42.9. The smallest absolute Gasteiger partial charge is 0.0724 e. The standard InChI is InChI=1S/C3H3Br2/c4-3(5)1-2-3/h1H,2H2. The van der Waals surface area contributed by atoms with Crippen molar-refractivity contribution < 1.29 is 0 Å². The predicted molar refractivity (Wildman–Crippen MR) is 29.5 cm³/mol. The van der Waals surface area contributed by atoms with Gasteiger partial charge in [0, 0.05) is 0 Å². The minimum atomic E-state index is 0.250. The zero-order chi connectivity index (χ0) is 3.91. The molecule has 0 atom stereocenters. The highest BCUT2D eigenvalue weighted by molar-refractivity contribution is 9.25. The summed E-state index contributed by atoms with van der Waals surface area (Å²) in [7, 11) is 0. The van der Waals surface area contributed by atoms with Gasteiger partial charge in [-0.25, -0.2) is 0 Å². The van der Waals surface area contributed by atoms with Crippen molar-refractivity contribution >= 4 is 31.9 Å². The lowest BCUT2D eigenvalue weighted by molar-refractivity contribution is 1.48. The van der Waals surface area contributed by atoms with Gasteiger partial charge in [-0.3, -0.25) is 0 Å². The molecule has 1 aliphatic carbocycles. The first-order valence-corrected chi connectivity index (χ1v) is 3.01. The van der Waals surface area contributed by atoms with Crippen molar-refractivity contribution in [3.05, 3.63) is 6.42 Å². The van der Waals surface area contributed by atoms with Crippen molar-refractivity contribution in [2.75, 3.05) is 0 Å². The van der Waals surface area contributed by atoms with E-state index in [0.717, 1.165) is 6.42 Å². The number of hydrogen-bond acceptors (Lipinski definition) is 0. The zero-order valence-electron chi connectivity index (χ0n) is 2.54. The lowest BCUT2D eigenvalue weighted by Gasteiger charge is -1.79. The highest BCUT2D eigenvalue weighted by atomic mass is 79.9. The lowest BCUT2D eigenvalue weighted by atomic mass is 11.0. The van der Waals surface area contributed by atoms with Crippen LogP contribution in [0, 0.1) is 6.42 Å². The Morgan fingerprint density at radius 2 is 1.80 bits per heavy atom. The van der Waals surface area contributed by atoms with Crippen molar-refractivity contribution in [1.82, 2.24) is 0 Å². The van der Waals surface area contributed by atoms with Crippen LogP contribution >= 0.6 is 31.9 Å². The summed E-state index contributed by atoms with van der Waals surface area (Å²) >= 11 is 6.69. The number of alkyl halides is 2. The molecule has 0 aromatic heterocycles. The molecule has 0 spiro atoms. The lowest BCUT2D eigenvalue weighted by Crippen LogP contribution is -1.70. The van der Waals surface area contributed by atoms with Crippen LogP contribution in [0.5, 0.6) is 0 Å². The predicted octanol–water partition coefficient (Wildman–Crippen LogP) is 2.08. The van der Waals surface area contributed by atoms with Crippen LogP contribution in [0.3, 0.4) is 0 Å². The first kappa shape index (κ1) is 4.13. The monoisotopic (exact) mass is 197 g/mol. The van der Waals surface area contributed by atoms with Crippen LogP contribution in [0.4, 0.5) is 0 Å². The van der Waals surface area contributed by atoms with E-state index < -0.39 is 0 Å². The quantitative estimate of drug-likeness (QED) is 0.523. The van der Waals surface area contributed by atoms with Gasteiger partial charge in [-0.05, 0) is 12.8 Å². The third-order valence-electron chi connectivity index (χ3n) is 0.513. The van der Waals surface area contributed by atoms with E-state index >= 15 is 0 Å². The van der Waals surface area contributed by atoms with Crippen molar-refractivity contribution in [3.63, 3.8) is 0 Å². The molecule has 0 saturated heterocycles. The van der Waals surface area contributed by atoms with Crippen molar-refractivity contribution in [1.29, 1.82) is 0 Å². The van der Waals surface area contributed by atoms with E-state index in [2.05, 4.69) is 38.3 Å². The normalized spacial score (nSPS) is 30.0. The minimum absolute atomic E-state index is 0.250. The minimum Gasteiger partial charge on any atom is -0.0724 e. The number of rotatable bonds is 0. The molecule has 1 aliphatic rings. The first-order valence-electron chi connectivity index (χ1n) is 1.43. The topological polar surface area (TPSA) is 0 Å². The Hall–Kier alpha value is 0.960. The summed E-state index contributed by atoms with van der Waals surface area (Å²) in [6.07, 6.45) is 3.31. The van der Waals surface area contributed by atoms with Crippen LogP contribution in [-0.2, 0) is 0 Å². The summed E-state index contributed by atoms with van der Waals surface area (Å²) in [5.41, 5.74) is 0. The maximum Gasteiger partial charge on any atom is 0.0841 e.